The van der Waals surface area contributed by atoms with Gasteiger partial charge in [0.05, 0.1) is 12.2 Å². The largest absolute Gasteiger partial charge is 0.393 e. The molecule has 0 aromatic heterocycles. The number of hydrogen-bond acceptors (Lipinski definition) is 2. The predicted molar refractivity (Wildman–Crippen MR) is 67.5 cm³/mol. The molecule has 1 aliphatic heterocycles. The first kappa shape index (κ1) is 14.0. The van der Waals surface area contributed by atoms with Crippen LogP contribution < -0.4 is 0 Å². The molecule has 1 fully saturated rings. The normalized spacial score (nSPS) is 23.6. The van der Waals surface area contributed by atoms with Crippen molar-refractivity contribution in [2.24, 2.45) is 5.41 Å². The van der Waals surface area contributed by atoms with Gasteiger partial charge in [-0.15, -0.1) is 0 Å². The highest BCUT2D eigenvalue weighted by atomic mass is 16.5. The van der Waals surface area contributed by atoms with Crippen LogP contribution in [0.15, 0.2) is 0 Å². The van der Waals surface area contributed by atoms with Crippen LogP contribution in [0.5, 0.6) is 0 Å². The fraction of sp³-hybridized carbons (Fsp3) is 1.00. The second-order valence-corrected chi connectivity index (χ2v) is 6.15. The molecule has 96 valence electrons. The van der Waals surface area contributed by atoms with Gasteiger partial charge in [0.15, 0.2) is 0 Å². The molecule has 1 rings (SSSR count). The maximum atomic E-state index is 9.87. The Hall–Kier alpha value is -0.0800. The number of ether oxygens (including phenoxy) is 1. The van der Waals surface area contributed by atoms with E-state index in [9.17, 15) is 5.11 Å². The van der Waals surface area contributed by atoms with Crippen molar-refractivity contribution in [2.75, 3.05) is 6.61 Å². The minimum atomic E-state index is -0.157. The first-order valence-corrected chi connectivity index (χ1v) is 6.80. The standard InChI is InChI=1S/C14H28O2/c1-14(2,3)13(15)10-6-4-5-8-12-9-7-11-16-12/h12-13,15H,4-11H2,1-3H3. The molecule has 0 spiro atoms. The summed E-state index contributed by atoms with van der Waals surface area (Å²) in [6.07, 6.45) is 8.65. The topological polar surface area (TPSA) is 29.5 Å². The summed E-state index contributed by atoms with van der Waals surface area (Å²) in [6.45, 7) is 7.27. The number of unbranched alkanes of at least 4 members (excludes halogenated alkanes) is 2. The van der Waals surface area contributed by atoms with Crippen molar-refractivity contribution in [1.29, 1.82) is 0 Å². The Morgan fingerprint density at radius 1 is 1.25 bits per heavy atom. The van der Waals surface area contributed by atoms with Gasteiger partial charge >= 0.3 is 0 Å². The summed E-state index contributed by atoms with van der Waals surface area (Å²) < 4.78 is 5.59. The van der Waals surface area contributed by atoms with Crippen LogP contribution in [0.3, 0.4) is 0 Å². The van der Waals surface area contributed by atoms with E-state index in [2.05, 4.69) is 20.8 Å². The monoisotopic (exact) mass is 228 g/mol. The van der Waals surface area contributed by atoms with Crippen molar-refractivity contribution in [2.45, 2.75) is 77.9 Å². The Labute approximate surface area is 100 Å². The highest BCUT2D eigenvalue weighted by molar-refractivity contribution is 4.72. The molecule has 0 saturated carbocycles. The maximum Gasteiger partial charge on any atom is 0.0588 e. The second kappa shape index (κ2) is 6.61. The first-order valence-electron chi connectivity index (χ1n) is 6.80. The minimum Gasteiger partial charge on any atom is -0.393 e. The van der Waals surface area contributed by atoms with Crippen LogP contribution in [-0.4, -0.2) is 23.9 Å². The molecule has 0 bridgehead atoms. The van der Waals surface area contributed by atoms with Crippen LogP contribution in [0, 0.1) is 5.41 Å². The van der Waals surface area contributed by atoms with E-state index in [1.54, 1.807) is 0 Å². The van der Waals surface area contributed by atoms with E-state index < -0.39 is 0 Å². The third-order valence-electron chi connectivity index (χ3n) is 3.53. The van der Waals surface area contributed by atoms with Crippen molar-refractivity contribution < 1.29 is 9.84 Å². The molecular formula is C14H28O2. The van der Waals surface area contributed by atoms with E-state index in [1.165, 1.54) is 32.1 Å². The zero-order chi connectivity index (χ0) is 12.0. The summed E-state index contributed by atoms with van der Waals surface area (Å²) in [5, 5.41) is 9.87. The van der Waals surface area contributed by atoms with Crippen LogP contribution in [0.4, 0.5) is 0 Å². The molecule has 16 heavy (non-hydrogen) atoms. The zero-order valence-corrected chi connectivity index (χ0v) is 11.2. The van der Waals surface area contributed by atoms with Gasteiger partial charge in [-0.3, -0.25) is 0 Å². The molecule has 1 aliphatic rings. The van der Waals surface area contributed by atoms with E-state index >= 15 is 0 Å². The van der Waals surface area contributed by atoms with Gasteiger partial charge in [-0.1, -0.05) is 40.0 Å². The van der Waals surface area contributed by atoms with E-state index in [1.807, 2.05) is 0 Å². The van der Waals surface area contributed by atoms with Crippen LogP contribution in [-0.2, 0) is 4.74 Å². The summed E-state index contributed by atoms with van der Waals surface area (Å²) in [5.41, 5.74) is 0.0363. The molecule has 1 N–H and O–H groups in total. The quantitative estimate of drug-likeness (QED) is 0.705. The van der Waals surface area contributed by atoms with Gasteiger partial charge in [-0.05, 0) is 31.1 Å². The van der Waals surface area contributed by atoms with Crippen molar-refractivity contribution in [1.82, 2.24) is 0 Å². The first-order chi connectivity index (χ1) is 7.50. The van der Waals surface area contributed by atoms with E-state index in [-0.39, 0.29) is 11.5 Å². The zero-order valence-electron chi connectivity index (χ0n) is 11.2. The lowest BCUT2D eigenvalue weighted by atomic mass is 9.86. The Balaban J connectivity index is 1.95. The predicted octanol–water partition coefficient (Wildman–Crippen LogP) is 3.52. The van der Waals surface area contributed by atoms with Gasteiger partial charge < -0.3 is 9.84 Å². The fourth-order valence-electron chi connectivity index (χ4n) is 2.19. The number of aliphatic hydroxyl groups is 1. The van der Waals surface area contributed by atoms with Gasteiger partial charge in [-0.2, -0.15) is 0 Å². The van der Waals surface area contributed by atoms with Crippen molar-refractivity contribution in [3.8, 4) is 0 Å². The molecule has 2 atom stereocenters. The highest BCUT2D eigenvalue weighted by Gasteiger charge is 2.21. The molecule has 0 aromatic carbocycles. The lowest BCUT2D eigenvalue weighted by Gasteiger charge is -2.25. The molecule has 2 heteroatoms. The average molecular weight is 228 g/mol. The van der Waals surface area contributed by atoms with Gasteiger partial charge in [-0.25, -0.2) is 0 Å². The molecule has 0 amide bonds. The Bertz CT molecular complexity index is 178. The third kappa shape index (κ3) is 5.31. The maximum absolute atomic E-state index is 9.87. The molecule has 1 saturated heterocycles. The van der Waals surface area contributed by atoms with Gasteiger partial charge in [0.2, 0.25) is 0 Å². The molecular weight excluding hydrogens is 200 g/mol. The summed E-state index contributed by atoms with van der Waals surface area (Å²) in [6, 6.07) is 0. The molecule has 2 unspecified atom stereocenters. The van der Waals surface area contributed by atoms with E-state index in [0.717, 1.165) is 19.4 Å². The van der Waals surface area contributed by atoms with E-state index in [0.29, 0.717) is 6.10 Å². The second-order valence-electron chi connectivity index (χ2n) is 6.15. The summed E-state index contributed by atoms with van der Waals surface area (Å²) in [5.74, 6) is 0. The van der Waals surface area contributed by atoms with Crippen molar-refractivity contribution >= 4 is 0 Å². The Morgan fingerprint density at radius 3 is 2.56 bits per heavy atom. The number of aliphatic hydroxyl groups excluding tert-OH is 1. The minimum absolute atomic E-state index is 0.0363. The molecule has 1 heterocycles. The van der Waals surface area contributed by atoms with Crippen molar-refractivity contribution in [3.63, 3.8) is 0 Å². The smallest absolute Gasteiger partial charge is 0.0588 e. The van der Waals surface area contributed by atoms with Crippen LogP contribution >= 0.6 is 0 Å². The van der Waals surface area contributed by atoms with Gasteiger partial charge in [0.25, 0.3) is 0 Å². The number of rotatable bonds is 6. The molecule has 0 radical (unpaired) electrons. The lowest BCUT2D eigenvalue weighted by molar-refractivity contribution is 0.0527. The lowest BCUT2D eigenvalue weighted by Crippen LogP contribution is -2.25. The molecule has 2 nitrogen and oxygen atoms in total. The average Bonchev–Trinajstić information content (AvgIpc) is 2.68. The third-order valence-corrected chi connectivity index (χ3v) is 3.53. The fourth-order valence-corrected chi connectivity index (χ4v) is 2.19. The highest BCUT2D eigenvalue weighted by Crippen LogP contribution is 2.24. The van der Waals surface area contributed by atoms with E-state index in [4.69, 9.17) is 4.74 Å². The van der Waals surface area contributed by atoms with Crippen LogP contribution in [0.25, 0.3) is 0 Å². The Morgan fingerprint density at radius 2 is 2.00 bits per heavy atom. The van der Waals surface area contributed by atoms with Gasteiger partial charge in [0, 0.05) is 6.61 Å². The van der Waals surface area contributed by atoms with Gasteiger partial charge in [0.1, 0.15) is 0 Å². The van der Waals surface area contributed by atoms with Crippen LogP contribution in [0.2, 0.25) is 0 Å². The van der Waals surface area contributed by atoms with Crippen molar-refractivity contribution in [3.05, 3.63) is 0 Å². The number of hydrogen-bond donors (Lipinski definition) is 1. The summed E-state index contributed by atoms with van der Waals surface area (Å²) in [7, 11) is 0. The summed E-state index contributed by atoms with van der Waals surface area (Å²) >= 11 is 0. The van der Waals surface area contributed by atoms with Crippen LogP contribution in [0.1, 0.15) is 65.7 Å². The SMILES string of the molecule is CC(C)(C)C(O)CCCCCC1CCCO1. The Kier molecular flexibility index (Phi) is 5.77. The summed E-state index contributed by atoms with van der Waals surface area (Å²) in [4.78, 5) is 0. The molecule has 0 aliphatic carbocycles. The molecule has 0 aromatic rings.